The number of benzene rings is 1. The predicted octanol–water partition coefficient (Wildman–Crippen LogP) is 5.03. The third kappa shape index (κ3) is 2.77. The molecule has 160 valence electrons. The fourth-order valence-electron chi connectivity index (χ4n) is 6.84. The summed E-state index contributed by atoms with van der Waals surface area (Å²) >= 11 is 6.01. The first kappa shape index (κ1) is 19.0. The van der Waals surface area contributed by atoms with Crippen LogP contribution in [0.1, 0.15) is 44.1 Å². The molecule has 0 unspecified atom stereocenters. The molecule has 0 radical (unpaired) electrons. The van der Waals surface area contributed by atoms with E-state index >= 15 is 0 Å². The minimum Gasteiger partial charge on any atom is -0.493 e. The van der Waals surface area contributed by atoms with Gasteiger partial charge in [-0.15, -0.1) is 15.3 Å². The molecule has 7 rings (SSSR count). The Kier molecular flexibility index (Phi) is 3.91. The highest BCUT2D eigenvalue weighted by Gasteiger charge is 2.62. The predicted molar refractivity (Wildman–Crippen MR) is 114 cm³/mol. The van der Waals surface area contributed by atoms with E-state index in [-0.39, 0.29) is 22.6 Å². The molecule has 2 aromatic heterocycles. The van der Waals surface area contributed by atoms with E-state index in [1.165, 1.54) is 0 Å². The summed E-state index contributed by atoms with van der Waals surface area (Å²) in [4.78, 5) is 20.5. The van der Waals surface area contributed by atoms with Crippen molar-refractivity contribution >= 4 is 34.1 Å². The monoisotopic (exact) mass is 438 g/mol. The zero-order valence-electron chi connectivity index (χ0n) is 17.2. The van der Waals surface area contributed by atoms with Gasteiger partial charge in [-0.1, -0.05) is 18.2 Å². The quantitative estimate of drug-likeness (QED) is 0.558. The molecule has 2 heterocycles. The third-order valence-corrected chi connectivity index (χ3v) is 7.84. The Labute approximate surface area is 183 Å². The number of carbonyl (C=O) groups excluding carboxylic acids is 1. The molecule has 4 aliphatic carbocycles. The van der Waals surface area contributed by atoms with Gasteiger partial charge < -0.3 is 10.1 Å². The van der Waals surface area contributed by atoms with Gasteiger partial charge in [0.2, 0.25) is 11.2 Å². The number of hydrogen-bond donors (Lipinski definition) is 2. The molecule has 0 saturated heterocycles. The van der Waals surface area contributed by atoms with Crippen molar-refractivity contribution in [3.05, 3.63) is 35.4 Å². The molecule has 4 aliphatic rings. The molecule has 2 N–H and O–H groups in total. The van der Waals surface area contributed by atoms with Gasteiger partial charge in [0.1, 0.15) is 6.33 Å². The molecule has 1 amide bonds. The second-order valence-corrected chi connectivity index (χ2v) is 10.1. The fraction of sp³-hybridized carbons (Fsp3) is 0.500. The Bertz CT molecular complexity index is 1230. The van der Waals surface area contributed by atoms with Crippen LogP contribution in [0, 0.1) is 24.2 Å². The van der Waals surface area contributed by atoms with E-state index in [9.17, 15) is 9.90 Å². The van der Waals surface area contributed by atoms with Crippen LogP contribution in [0.5, 0.6) is 5.88 Å². The number of fused-ring (bicyclic) bond motifs is 1. The average Bonchev–Trinajstić information content (AvgIpc) is 3.29. The lowest BCUT2D eigenvalue weighted by atomic mass is 9.46. The van der Waals surface area contributed by atoms with Crippen LogP contribution >= 0.6 is 11.6 Å². The Morgan fingerprint density at radius 1 is 1.29 bits per heavy atom. The smallest absolute Gasteiger partial charge is 0.270 e. The number of nitrogens with zero attached hydrogens (tertiary/aromatic N) is 5. The van der Waals surface area contributed by atoms with Gasteiger partial charge >= 0.3 is 0 Å². The van der Waals surface area contributed by atoms with Crippen molar-refractivity contribution in [2.75, 3.05) is 0 Å². The van der Waals surface area contributed by atoms with Crippen LogP contribution in [-0.4, -0.2) is 30.8 Å². The molecule has 9 heteroatoms. The van der Waals surface area contributed by atoms with Gasteiger partial charge in [-0.25, -0.2) is 9.67 Å². The van der Waals surface area contributed by atoms with Gasteiger partial charge in [-0.2, -0.15) is 0 Å². The average molecular weight is 439 g/mol. The molecule has 0 aliphatic heterocycles. The summed E-state index contributed by atoms with van der Waals surface area (Å²) in [6, 6.07) is 5.72. The summed E-state index contributed by atoms with van der Waals surface area (Å²) < 4.78 is 1.89. The largest absolute Gasteiger partial charge is 0.493 e. The normalized spacial score (nSPS) is 31.8. The number of carbonyl (C=O) groups is 1. The van der Waals surface area contributed by atoms with Gasteiger partial charge in [0.25, 0.3) is 5.91 Å². The van der Waals surface area contributed by atoms with Crippen LogP contribution in [0.3, 0.4) is 0 Å². The number of azo groups is 1. The number of H-pyrrole nitrogens is 1. The summed E-state index contributed by atoms with van der Waals surface area (Å²) in [5, 5.41) is 24.1. The minimum atomic E-state index is -0.538. The van der Waals surface area contributed by atoms with Gasteiger partial charge in [0, 0.05) is 5.39 Å². The first-order valence-electron chi connectivity index (χ1n) is 10.7. The van der Waals surface area contributed by atoms with E-state index in [4.69, 9.17) is 11.6 Å². The van der Waals surface area contributed by atoms with Crippen LogP contribution in [0.2, 0.25) is 5.28 Å². The molecule has 31 heavy (non-hydrogen) atoms. The Morgan fingerprint density at radius 3 is 2.77 bits per heavy atom. The number of halogens is 1. The third-order valence-electron chi connectivity index (χ3n) is 7.67. The number of aromatic hydroxyl groups is 1. The molecule has 3 aromatic rings. The van der Waals surface area contributed by atoms with E-state index in [2.05, 4.69) is 25.3 Å². The number of aromatic nitrogens is 4. The van der Waals surface area contributed by atoms with Crippen molar-refractivity contribution in [3.8, 4) is 5.88 Å². The van der Waals surface area contributed by atoms with Crippen molar-refractivity contribution in [3.63, 3.8) is 0 Å². The first-order valence-corrected chi connectivity index (χ1v) is 11.1. The molecule has 4 bridgehead atoms. The number of hydrogen-bond acceptors (Lipinski definition) is 5. The lowest BCUT2D eigenvalue weighted by Gasteiger charge is -2.60. The van der Waals surface area contributed by atoms with Crippen LogP contribution in [0.15, 0.2) is 34.8 Å². The van der Waals surface area contributed by atoms with Crippen molar-refractivity contribution in [1.82, 2.24) is 19.7 Å². The summed E-state index contributed by atoms with van der Waals surface area (Å²) in [5.41, 5.74) is 1.35. The molecular formula is C22H23ClN6O2. The van der Waals surface area contributed by atoms with Gasteiger partial charge in [-0.05, 0) is 74.4 Å². The number of rotatable bonds is 3. The summed E-state index contributed by atoms with van der Waals surface area (Å²) in [5.74, 6) is 0.665. The van der Waals surface area contributed by atoms with Gasteiger partial charge in [0.15, 0.2) is 5.69 Å². The Hall–Kier alpha value is -2.74. The number of amides is 1. The lowest BCUT2D eigenvalue weighted by molar-refractivity contribution is -0.153. The summed E-state index contributed by atoms with van der Waals surface area (Å²) in [6.07, 6.45) is 7.20. The number of aryl methyl sites for hydroxylation is 1. The molecule has 1 aromatic carbocycles. The maximum Gasteiger partial charge on any atom is 0.270 e. The maximum absolute atomic E-state index is 13.5. The Balaban J connectivity index is 1.35. The van der Waals surface area contributed by atoms with E-state index in [0.29, 0.717) is 23.9 Å². The molecule has 4 saturated carbocycles. The highest BCUT2D eigenvalue weighted by atomic mass is 35.5. The van der Waals surface area contributed by atoms with Crippen molar-refractivity contribution in [2.24, 2.45) is 27.5 Å². The van der Waals surface area contributed by atoms with Crippen molar-refractivity contribution in [2.45, 2.75) is 51.0 Å². The van der Waals surface area contributed by atoms with E-state index < -0.39 is 5.41 Å². The molecule has 2 atom stereocenters. The summed E-state index contributed by atoms with van der Waals surface area (Å²) in [7, 11) is 0. The Morgan fingerprint density at radius 2 is 2.06 bits per heavy atom. The van der Waals surface area contributed by atoms with Gasteiger partial charge in [0.05, 0.1) is 16.5 Å². The second kappa shape index (κ2) is 6.38. The van der Waals surface area contributed by atoms with Crippen LogP contribution in [-0.2, 0) is 10.3 Å². The molecule has 4 fully saturated rings. The first-order chi connectivity index (χ1) is 14.9. The lowest BCUT2D eigenvalue weighted by Crippen LogP contribution is -2.58. The highest BCUT2D eigenvalue weighted by molar-refractivity contribution is 6.28. The number of aromatic amines is 1. The summed E-state index contributed by atoms with van der Waals surface area (Å²) in [6.45, 7) is 1.95. The zero-order chi connectivity index (χ0) is 21.4. The second-order valence-electron chi connectivity index (χ2n) is 9.75. The van der Waals surface area contributed by atoms with E-state index in [1.54, 1.807) is 6.33 Å². The molecule has 0 spiro atoms. The zero-order valence-corrected chi connectivity index (χ0v) is 17.9. The minimum absolute atomic E-state index is 0.0694. The van der Waals surface area contributed by atoms with Crippen LogP contribution < -0.4 is 0 Å². The topological polar surface area (TPSA) is 109 Å². The van der Waals surface area contributed by atoms with E-state index in [1.807, 2.05) is 29.8 Å². The SMILES string of the molecule is Cc1cccc2c(N=NC(=O)C34C[C@H]5C[C@H](C3)CC(n3cnc(Cl)n3)(C5)C4)c(O)[nH]c12. The maximum atomic E-state index is 13.5. The number of nitrogens with one attached hydrogen (secondary N) is 1. The fourth-order valence-corrected chi connectivity index (χ4v) is 6.97. The van der Waals surface area contributed by atoms with Crippen molar-refractivity contribution < 1.29 is 9.90 Å². The standard InChI is InChI=1S/C22H23ClN6O2/c1-12-3-2-4-15-16(12)25-18(30)17(15)26-27-19(31)21-6-13-5-14(7-21)9-22(8-13,10-21)29-11-24-20(23)28-29/h2-4,11,13-14,25,30H,5-10H2,1H3/t13-,14-,21?,22?/m1/s1. The van der Waals surface area contributed by atoms with Crippen LogP contribution in [0.4, 0.5) is 5.69 Å². The molecular weight excluding hydrogens is 416 g/mol. The highest BCUT2D eigenvalue weighted by Crippen LogP contribution is 2.64. The van der Waals surface area contributed by atoms with Crippen molar-refractivity contribution in [1.29, 1.82) is 0 Å². The van der Waals surface area contributed by atoms with Crippen LogP contribution in [0.25, 0.3) is 10.9 Å². The molecule has 8 nitrogen and oxygen atoms in total. The van der Waals surface area contributed by atoms with E-state index in [0.717, 1.165) is 48.6 Å². The van der Waals surface area contributed by atoms with Gasteiger partial charge in [-0.3, -0.25) is 4.79 Å². The number of para-hydroxylation sites is 1.